The first-order valence-electron chi connectivity index (χ1n) is 4.63. The molecule has 0 spiro atoms. The molecule has 1 atom stereocenters. The summed E-state index contributed by atoms with van der Waals surface area (Å²) in [6.45, 7) is 3.23. The van der Waals surface area contributed by atoms with Gasteiger partial charge in [0.25, 0.3) is 0 Å². The predicted molar refractivity (Wildman–Crippen MR) is 51.4 cm³/mol. The lowest BCUT2D eigenvalue weighted by Crippen LogP contribution is -2.14. The number of halogens is 2. The SMILES string of the molecule is CCOC(C(C)=O)c1cc(F)ccc1F. The molecule has 1 rings (SSSR count). The van der Waals surface area contributed by atoms with Gasteiger partial charge in [0.15, 0.2) is 5.78 Å². The van der Waals surface area contributed by atoms with Crippen molar-refractivity contribution in [1.29, 1.82) is 0 Å². The van der Waals surface area contributed by atoms with Crippen LogP contribution in [0.5, 0.6) is 0 Å². The standard InChI is InChI=1S/C11H12F2O2/c1-3-15-11(7(2)14)9-6-8(12)4-5-10(9)13/h4-6,11H,3H2,1-2H3. The Morgan fingerprint density at radius 3 is 2.67 bits per heavy atom. The largest absolute Gasteiger partial charge is 0.366 e. The number of ketones is 1. The van der Waals surface area contributed by atoms with E-state index in [1.54, 1.807) is 6.92 Å². The maximum Gasteiger partial charge on any atom is 0.163 e. The van der Waals surface area contributed by atoms with Gasteiger partial charge in [0.1, 0.15) is 17.7 Å². The number of carbonyl (C=O) groups is 1. The molecule has 2 nitrogen and oxygen atoms in total. The fraction of sp³-hybridized carbons (Fsp3) is 0.364. The Kier molecular flexibility index (Phi) is 3.91. The van der Waals surface area contributed by atoms with Gasteiger partial charge < -0.3 is 4.74 Å². The van der Waals surface area contributed by atoms with Gasteiger partial charge in [-0.2, -0.15) is 0 Å². The topological polar surface area (TPSA) is 26.3 Å². The second kappa shape index (κ2) is 4.98. The average molecular weight is 214 g/mol. The molecule has 4 heteroatoms. The molecule has 0 aliphatic rings. The van der Waals surface area contributed by atoms with Crippen LogP contribution in [0.4, 0.5) is 8.78 Å². The quantitative estimate of drug-likeness (QED) is 0.770. The van der Waals surface area contributed by atoms with Gasteiger partial charge in [-0.3, -0.25) is 4.79 Å². The molecule has 82 valence electrons. The lowest BCUT2D eigenvalue weighted by atomic mass is 10.1. The molecule has 0 aliphatic carbocycles. The summed E-state index contributed by atoms with van der Waals surface area (Å²) >= 11 is 0. The Labute approximate surface area is 86.9 Å². The van der Waals surface area contributed by atoms with E-state index >= 15 is 0 Å². The number of ether oxygens (including phenoxy) is 1. The average Bonchev–Trinajstić information content (AvgIpc) is 2.18. The van der Waals surface area contributed by atoms with Gasteiger partial charge in [-0.25, -0.2) is 8.78 Å². The lowest BCUT2D eigenvalue weighted by molar-refractivity contribution is -0.128. The van der Waals surface area contributed by atoms with Crippen molar-refractivity contribution in [2.75, 3.05) is 6.61 Å². The van der Waals surface area contributed by atoms with E-state index in [2.05, 4.69) is 0 Å². The number of Topliss-reactive ketones (excluding diaryl/α,β-unsaturated/α-hetero) is 1. The summed E-state index contributed by atoms with van der Waals surface area (Å²) in [5.74, 6) is -1.57. The van der Waals surface area contributed by atoms with Gasteiger partial charge in [-0.15, -0.1) is 0 Å². The molecule has 0 radical (unpaired) electrons. The highest BCUT2D eigenvalue weighted by Crippen LogP contribution is 2.22. The van der Waals surface area contributed by atoms with Gasteiger partial charge in [0, 0.05) is 12.2 Å². The second-order valence-corrected chi connectivity index (χ2v) is 3.11. The maximum absolute atomic E-state index is 13.3. The Morgan fingerprint density at radius 1 is 1.47 bits per heavy atom. The summed E-state index contributed by atoms with van der Waals surface area (Å²) < 4.78 is 31.3. The molecule has 0 amide bonds. The van der Waals surface area contributed by atoms with Gasteiger partial charge in [-0.05, 0) is 32.0 Å². The highest BCUT2D eigenvalue weighted by atomic mass is 19.1. The van der Waals surface area contributed by atoms with Gasteiger partial charge in [-0.1, -0.05) is 0 Å². The molecule has 1 unspecified atom stereocenters. The van der Waals surface area contributed by atoms with E-state index in [1.165, 1.54) is 6.92 Å². The van der Waals surface area contributed by atoms with Crippen molar-refractivity contribution >= 4 is 5.78 Å². The lowest BCUT2D eigenvalue weighted by Gasteiger charge is -2.14. The number of carbonyl (C=O) groups excluding carboxylic acids is 1. The van der Waals surface area contributed by atoms with Crippen LogP contribution in [-0.2, 0) is 9.53 Å². The van der Waals surface area contributed by atoms with Crippen molar-refractivity contribution in [3.8, 4) is 0 Å². The summed E-state index contributed by atoms with van der Waals surface area (Å²) in [6.07, 6.45) is -1.02. The van der Waals surface area contributed by atoms with Gasteiger partial charge >= 0.3 is 0 Å². The zero-order chi connectivity index (χ0) is 11.4. The van der Waals surface area contributed by atoms with Crippen LogP contribution in [0.15, 0.2) is 18.2 Å². The Morgan fingerprint density at radius 2 is 2.13 bits per heavy atom. The summed E-state index contributed by atoms with van der Waals surface area (Å²) in [4.78, 5) is 11.2. The summed E-state index contributed by atoms with van der Waals surface area (Å²) in [7, 11) is 0. The van der Waals surface area contributed by atoms with Crippen LogP contribution >= 0.6 is 0 Å². The first kappa shape index (κ1) is 11.8. The van der Waals surface area contributed by atoms with Crippen molar-refractivity contribution in [3.05, 3.63) is 35.4 Å². The van der Waals surface area contributed by atoms with Crippen LogP contribution in [0.3, 0.4) is 0 Å². The Hall–Kier alpha value is -1.29. The van der Waals surface area contributed by atoms with E-state index in [9.17, 15) is 13.6 Å². The van der Waals surface area contributed by atoms with Gasteiger partial charge in [0.05, 0.1) is 0 Å². The first-order valence-corrected chi connectivity index (χ1v) is 4.63. The third-order valence-electron chi connectivity index (χ3n) is 1.94. The smallest absolute Gasteiger partial charge is 0.163 e. The van der Waals surface area contributed by atoms with Crippen LogP contribution in [0, 0.1) is 11.6 Å². The summed E-state index contributed by atoms with van der Waals surface area (Å²) in [6, 6.07) is 2.97. The number of benzene rings is 1. The zero-order valence-corrected chi connectivity index (χ0v) is 8.59. The van der Waals surface area contributed by atoms with Crippen molar-refractivity contribution in [3.63, 3.8) is 0 Å². The third kappa shape index (κ3) is 2.83. The van der Waals surface area contributed by atoms with E-state index in [4.69, 9.17) is 4.74 Å². The summed E-state index contributed by atoms with van der Waals surface area (Å²) in [5.41, 5.74) is -0.0515. The molecule has 0 bridgehead atoms. The van der Waals surface area contributed by atoms with Crippen molar-refractivity contribution in [2.45, 2.75) is 20.0 Å². The van der Waals surface area contributed by atoms with E-state index in [1.807, 2.05) is 0 Å². The third-order valence-corrected chi connectivity index (χ3v) is 1.94. The molecule has 0 saturated heterocycles. The molecule has 1 aromatic rings. The molecule has 0 heterocycles. The monoisotopic (exact) mass is 214 g/mol. The Balaban J connectivity index is 3.09. The molecule has 1 aromatic carbocycles. The van der Waals surface area contributed by atoms with E-state index in [-0.39, 0.29) is 18.0 Å². The highest BCUT2D eigenvalue weighted by Gasteiger charge is 2.21. The van der Waals surface area contributed by atoms with Crippen molar-refractivity contribution in [2.24, 2.45) is 0 Å². The molecular formula is C11H12F2O2. The van der Waals surface area contributed by atoms with Crippen LogP contribution in [-0.4, -0.2) is 12.4 Å². The number of hydrogen-bond acceptors (Lipinski definition) is 2. The van der Waals surface area contributed by atoms with Crippen LogP contribution in [0.2, 0.25) is 0 Å². The second-order valence-electron chi connectivity index (χ2n) is 3.11. The molecular weight excluding hydrogens is 202 g/mol. The fourth-order valence-corrected chi connectivity index (χ4v) is 1.31. The maximum atomic E-state index is 13.3. The van der Waals surface area contributed by atoms with Crippen LogP contribution in [0.1, 0.15) is 25.5 Å². The van der Waals surface area contributed by atoms with Crippen LogP contribution in [0.25, 0.3) is 0 Å². The van der Waals surface area contributed by atoms with Crippen LogP contribution < -0.4 is 0 Å². The number of hydrogen-bond donors (Lipinski definition) is 0. The first-order chi connectivity index (χ1) is 7.06. The minimum atomic E-state index is -1.02. The minimum absolute atomic E-state index is 0.0515. The van der Waals surface area contributed by atoms with Gasteiger partial charge in [0.2, 0.25) is 0 Å². The Bertz CT molecular complexity index is 364. The molecule has 0 saturated carbocycles. The minimum Gasteiger partial charge on any atom is -0.366 e. The van der Waals surface area contributed by atoms with E-state index in [0.717, 1.165) is 18.2 Å². The number of rotatable bonds is 4. The van der Waals surface area contributed by atoms with E-state index in [0.29, 0.717) is 0 Å². The molecule has 0 fully saturated rings. The molecule has 0 N–H and O–H groups in total. The van der Waals surface area contributed by atoms with Crippen molar-refractivity contribution < 1.29 is 18.3 Å². The normalized spacial score (nSPS) is 12.5. The highest BCUT2D eigenvalue weighted by molar-refractivity contribution is 5.81. The molecule has 0 aliphatic heterocycles. The van der Waals surface area contributed by atoms with E-state index < -0.39 is 17.7 Å². The van der Waals surface area contributed by atoms with Crippen molar-refractivity contribution in [1.82, 2.24) is 0 Å². The summed E-state index contributed by atoms with van der Waals surface area (Å²) in [5, 5.41) is 0. The predicted octanol–water partition coefficient (Wildman–Crippen LogP) is 2.63. The molecule has 15 heavy (non-hydrogen) atoms. The molecule has 0 aromatic heterocycles. The zero-order valence-electron chi connectivity index (χ0n) is 8.59. The fourth-order valence-electron chi connectivity index (χ4n) is 1.31.